The van der Waals surface area contributed by atoms with Crippen molar-refractivity contribution in [1.82, 2.24) is 4.72 Å². The van der Waals surface area contributed by atoms with E-state index in [1.165, 1.54) is 12.1 Å². The average Bonchev–Trinajstić information content (AvgIpc) is 2.14. The number of sulfonamides is 1. The summed E-state index contributed by atoms with van der Waals surface area (Å²) in [7, 11) is -3.94. The molecule has 0 aliphatic carbocycles. The summed E-state index contributed by atoms with van der Waals surface area (Å²) in [6.07, 6.45) is 0.240. The summed E-state index contributed by atoms with van der Waals surface area (Å²) in [5.41, 5.74) is -0.840. The second-order valence-electron chi connectivity index (χ2n) is 4.54. The fraction of sp³-hybridized carbons (Fsp3) is 0.455. The fourth-order valence-corrected chi connectivity index (χ4v) is 3.28. The van der Waals surface area contributed by atoms with E-state index in [9.17, 15) is 12.8 Å². The first-order chi connectivity index (χ1) is 8.18. The van der Waals surface area contributed by atoms with E-state index in [0.29, 0.717) is 4.47 Å². The quantitative estimate of drug-likeness (QED) is 0.862. The highest BCUT2D eigenvalue weighted by atomic mass is 79.9. The van der Waals surface area contributed by atoms with Gasteiger partial charge in [-0.1, -0.05) is 15.9 Å². The fourth-order valence-electron chi connectivity index (χ4n) is 1.44. The van der Waals surface area contributed by atoms with E-state index >= 15 is 0 Å². The van der Waals surface area contributed by atoms with Crippen LogP contribution in [0, 0.1) is 5.82 Å². The number of benzene rings is 1. The van der Waals surface area contributed by atoms with Gasteiger partial charge in [0.05, 0.1) is 0 Å². The molecule has 18 heavy (non-hydrogen) atoms. The second-order valence-corrected chi connectivity index (χ2v) is 7.10. The van der Waals surface area contributed by atoms with Crippen molar-refractivity contribution in [2.45, 2.75) is 30.7 Å². The van der Waals surface area contributed by atoms with E-state index in [0.717, 1.165) is 6.07 Å². The Kier molecular flexibility index (Phi) is 4.88. The molecule has 102 valence electrons. The highest BCUT2D eigenvalue weighted by Crippen LogP contribution is 2.21. The largest absolute Gasteiger partial charge is 0.396 e. The van der Waals surface area contributed by atoms with Gasteiger partial charge in [0.1, 0.15) is 10.7 Å². The summed E-state index contributed by atoms with van der Waals surface area (Å²) in [6.45, 7) is 3.09. The van der Waals surface area contributed by atoms with Gasteiger partial charge in [-0.05, 0) is 38.5 Å². The van der Waals surface area contributed by atoms with Crippen molar-refractivity contribution in [2.75, 3.05) is 6.61 Å². The smallest absolute Gasteiger partial charge is 0.243 e. The minimum Gasteiger partial charge on any atom is -0.396 e. The molecule has 0 bridgehead atoms. The van der Waals surface area contributed by atoms with Crippen LogP contribution in [0.25, 0.3) is 0 Å². The Hall–Kier alpha value is -0.500. The maximum absolute atomic E-state index is 13.6. The molecule has 2 N–H and O–H groups in total. The number of nitrogens with one attached hydrogen (secondary N) is 1. The topological polar surface area (TPSA) is 66.4 Å². The molecule has 0 aliphatic rings. The van der Waals surface area contributed by atoms with Gasteiger partial charge in [-0.25, -0.2) is 17.5 Å². The molecule has 0 aromatic heterocycles. The van der Waals surface area contributed by atoms with Crippen LogP contribution in [0.5, 0.6) is 0 Å². The monoisotopic (exact) mass is 339 g/mol. The number of aliphatic hydroxyl groups excluding tert-OH is 1. The van der Waals surface area contributed by atoms with E-state index in [4.69, 9.17) is 5.11 Å². The van der Waals surface area contributed by atoms with E-state index < -0.39 is 26.3 Å². The van der Waals surface area contributed by atoms with Gasteiger partial charge in [0, 0.05) is 16.6 Å². The van der Waals surface area contributed by atoms with Gasteiger partial charge < -0.3 is 5.11 Å². The number of hydrogen-bond donors (Lipinski definition) is 2. The SMILES string of the molecule is CC(C)(CCO)NS(=O)(=O)c1ccc(Br)cc1F. The molecule has 0 atom stereocenters. The highest BCUT2D eigenvalue weighted by Gasteiger charge is 2.27. The number of hydrogen-bond acceptors (Lipinski definition) is 3. The van der Waals surface area contributed by atoms with Crippen molar-refractivity contribution >= 4 is 26.0 Å². The second kappa shape index (κ2) is 5.64. The van der Waals surface area contributed by atoms with Gasteiger partial charge in [0.15, 0.2) is 0 Å². The Morgan fingerprint density at radius 1 is 1.44 bits per heavy atom. The number of rotatable bonds is 5. The molecule has 1 rings (SSSR count). The van der Waals surface area contributed by atoms with Crippen LogP contribution in [0.2, 0.25) is 0 Å². The van der Waals surface area contributed by atoms with Crippen molar-refractivity contribution in [1.29, 1.82) is 0 Å². The molecule has 0 saturated heterocycles. The van der Waals surface area contributed by atoms with Crippen LogP contribution >= 0.6 is 15.9 Å². The molecule has 0 amide bonds. The van der Waals surface area contributed by atoms with Crippen molar-refractivity contribution in [3.05, 3.63) is 28.5 Å². The molecular formula is C11H15BrFNO3S. The van der Waals surface area contributed by atoms with Gasteiger partial charge in [-0.3, -0.25) is 0 Å². The van der Waals surface area contributed by atoms with Crippen molar-refractivity contribution in [3.8, 4) is 0 Å². The van der Waals surface area contributed by atoms with Gasteiger partial charge in [-0.15, -0.1) is 0 Å². The molecule has 0 unspecified atom stereocenters. The zero-order valence-corrected chi connectivity index (χ0v) is 12.5. The van der Waals surface area contributed by atoms with Crippen LogP contribution in [0.15, 0.2) is 27.6 Å². The van der Waals surface area contributed by atoms with Crippen LogP contribution in [-0.4, -0.2) is 25.7 Å². The Morgan fingerprint density at radius 3 is 2.56 bits per heavy atom. The molecule has 0 spiro atoms. The van der Waals surface area contributed by atoms with E-state index in [2.05, 4.69) is 20.7 Å². The summed E-state index contributed by atoms with van der Waals surface area (Å²) >= 11 is 3.06. The van der Waals surface area contributed by atoms with Crippen LogP contribution in [0.4, 0.5) is 4.39 Å². The minimum atomic E-state index is -3.94. The van der Waals surface area contributed by atoms with Crippen LogP contribution < -0.4 is 4.72 Å². The summed E-state index contributed by atoms with van der Waals surface area (Å²) in [6, 6.07) is 3.74. The predicted octanol–water partition coefficient (Wildman–Crippen LogP) is 2.03. The highest BCUT2D eigenvalue weighted by molar-refractivity contribution is 9.10. The maximum Gasteiger partial charge on any atom is 0.243 e. The molecule has 0 saturated carbocycles. The third-order valence-corrected chi connectivity index (χ3v) is 4.56. The van der Waals surface area contributed by atoms with Crippen LogP contribution in [0.3, 0.4) is 0 Å². The lowest BCUT2D eigenvalue weighted by Crippen LogP contribution is -2.44. The Balaban J connectivity index is 3.07. The van der Waals surface area contributed by atoms with E-state index in [1.54, 1.807) is 13.8 Å². The van der Waals surface area contributed by atoms with Crippen LogP contribution in [-0.2, 0) is 10.0 Å². The van der Waals surface area contributed by atoms with Crippen molar-refractivity contribution < 1.29 is 17.9 Å². The molecule has 4 nitrogen and oxygen atoms in total. The minimum absolute atomic E-state index is 0.154. The maximum atomic E-state index is 13.6. The Morgan fingerprint density at radius 2 is 2.06 bits per heavy atom. The van der Waals surface area contributed by atoms with Crippen molar-refractivity contribution in [2.24, 2.45) is 0 Å². The Labute approximate surface area is 114 Å². The number of halogens is 2. The predicted molar refractivity (Wildman–Crippen MR) is 70.2 cm³/mol. The molecule has 1 aromatic rings. The zero-order valence-electron chi connectivity index (χ0n) is 10.1. The van der Waals surface area contributed by atoms with E-state index in [1.807, 2.05) is 0 Å². The third-order valence-electron chi connectivity index (χ3n) is 2.33. The molecule has 7 heteroatoms. The molecule has 1 aromatic carbocycles. The van der Waals surface area contributed by atoms with Crippen molar-refractivity contribution in [3.63, 3.8) is 0 Å². The molecule has 0 fully saturated rings. The average molecular weight is 340 g/mol. The first kappa shape index (κ1) is 15.6. The molecule has 0 radical (unpaired) electrons. The lowest BCUT2D eigenvalue weighted by molar-refractivity contribution is 0.245. The van der Waals surface area contributed by atoms with Gasteiger partial charge in [0.25, 0.3) is 0 Å². The zero-order chi connectivity index (χ0) is 14.0. The first-order valence-electron chi connectivity index (χ1n) is 5.28. The summed E-state index contributed by atoms with van der Waals surface area (Å²) in [5.74, 6) is -0.823. The Bertz CT molecular complexity index is 531. The summed E-state index contributed by atoms with van der Waals surface area (Å²) in [5, 5.41) is 8.85. The van der Waals surface area contributed by atoms with Crippen LogP contribution in [0.1, 0.15) is 20.3 Å². The summed E-state index contributed by atoms with van der Waals surface area (Å²) in [4.78, 5) is -0.406. The lowest BCUT2D eigenvalue weighted by Gasteiger charge is -2.25. The normalized spacial score (nSPS) is 12.7. The van der Waals surface area contributed by atoms with Gasteiger partial charge in [0.2, 0.25) is 10.0 Å². The molecular weight excluding hydrogens is 325 g/mol. The number of aliphatic hydroxyl groups is 1. The standard InChI is InChI=1S/C11H15BrFNO3S/c1-11(2,5-6-15)14-18(16,17)10-4-3-8(12)7-9(10)13/h3-4,7,14-15H,5-6H2,1-2H3. The van der Waals surface area contributed by atoms with Gasteiger partial charge >= 0.3 is 0 Å². The molecule has 0 aliphatic heterocycles. The van der Waals surface area contributed by atoms with E-state index in [-0.39, 0.29) is 13.0 Å². The first-order valence-corrected chi connectivity index (χ1v) is 7.55. The molecule has 0 heterocycles. The lowest BCUT2D eigenvalue weighted by atomic mass is 10.0. The summed E-state index contributed by atoms with van der Waals surface area (Å²) < 4.78 is 40.5. The third kappa shape index (κ3) is 4.01. The van der Waals surface area contributed by atoms with Gasteiger partial charge in [-0.2, -0.15) is 0 Å².